The third kappa shape index (κ3) is 2.68. The summed E-state index contributed by atoms with van der Waals surface area (Å²) in [7, 11) is 0. The first-order valence-electron chi connectivity index (χ1n) is 4.84. The van der Waals surface area contributed by atoms with Crippen molar-refractivity contribution in [2.45, 2.75) is 19.1 Å². The molecule has 86 valence electrons. The van der Waals surface area contributed by atoms with Gasteiger partial charge in [0.1, 0.15) is 6.10 Å². The Morgan fingerprint density at radius 2 is 1.81 bits per heavy atom. The van der Waals surface area contributed by atoms with E-state index in [1.54, 1.807) is 24.3 Å². The molecule has 1 amide bonds. The third-order valence-electron chi connectivity index (χ3n) is 2.34. The standard InChI is InChI=1S/C12H15NO3/c1-7(2)8-3-5-9(6-4-8)10(14)11(15)12(13)16/h3-6,10-11,14-15H,1H2,2H3,(H2,13,16). The third-order valence-corrected chi connectivity index (χ3v) is 2.34. The molecule has 2 unspecified atom stereocenters. The van der Waals surface area contributed by atoms with E-state index in [2.05, 4.69) is 6.58 Å². The number of benzene rings is 1. The van der Waals surface area contributed by atoms with Gasteiger partial charge in [-0.1, -0.05) is 36.4 Å². The molecule has 0 saturated heterocycles. The number of amides is 1. The molecule has 4 heteroatoms. The molecule has 1 rings (SSSR count). The van der Waals surface area contributed by atoms with Crippen LogP contribution in [0.3, 0.4) is 0 Å². The number of hydrogen-bond acceptors (Lipinski definition) is 3. The van der Waals surface area contributed by atoms with Crippen molar-refractivity contribution in [3.05, 3.63) is 42.0 Å². The summed E-state index contributed by atoms with van der Waals surface area (Å²) >= 11 is 0. The summed E-state index contributed by atoms with van der Waals surface area (Å²) in [5, 5.41) is 18.9. The number of primary amides is 1. The van der Waals surface area contributed by atoms with E-state index in [9.17, 15) is 15.0 Å². The molecule has 16 heavy (non-hydrogen) atoms. The van der Waals surface area contributed by atoms with Crippen molar-refractivity contribution >= 4 is 11.5 Å². The van der Waals surface area contributed by atoms with Crippen LogP contribution in [0.15, 0.2) is 30.8 Å². The number of allylic oxidation sites excluding steroid dienone is 1. The van der Waals surface area contributed by atoms with Gasteiger partial charge in [0.05, 0.1) is 0 Å². The van der Waals surface area contributed by atoms with Crippen molar-refractivity contribution in [3.63, 3.8) is 0 Å². The summed E-state index contributed by atoms with van der Waals surface area (Å²) in [6.45, 7) is 5.64. The number of carbonyl (C=O) groups is 1. The predicted molar refractivity (Wildman–Crippen MR) is 61.3 cm³/mol. The van der Waals surface area contributed by atoms with Crippen molar-refractivity contribution < 1.29 is 15.0 Å². The molecule has 4 N–H and O–H groups in total. The van der Waals surface area contributed by atoms with E-state index in [1.165, 1.54) is 0 Å². The normalized spacial score (nSPS) is 14.2. The van der Waals surface area contributed by atoms with Gasteiger partial charge in [0.25, 0.3) is 0 Å². The van der Waals surface area contributed by atoms with Gasteiger partial charge < -0.3 is 15.9 Å². The minimum Gasteiger partial charge on any atom is -0.385 e. The number of aliphatic hydroxyl groups excluding tert-OH is 2. The molecule has 0 fully saturated rings. The predicted octanol–water partition coefficient (Wildman–Crippen LogP) is 0.599. The lowest BCUT2D eigenvalue weighted by molar-refractivity contribution is -0.131. The smallest absolute Gasteiger partial charge is 0.249 e. The monoisotopic (exact) mass is 221 g/mol. The average molecular weight is 221 g/mol. The molecule has 0 aliphatic carbocycles. The van der Waals surface area contributed by atoms with Crippen molar-refractivity contribution in [3.8, 4) is 0 Å². The first kappa shape index (κ1) is 12.4. The van der Waals surface area contributed by atoms with Crippen LogP contribution >= 0.6 is 0 Å². The fourth-order valence-corrected chi connectivity index (χ4v) is 1.30. The molecular weight excluding hydrogens is 206 g/mol. The van der Waals surface area contributed by atoms with Crippen molar-refractivity contribution in [2.75, 3.05) is 0 Å². The second-order valence-corrected chi connectivity index (χ2v) is 3.69. The number of rotatable bonds is 4. The Labute approximate surface area is 94.0 Å². The van der Waals surface area contributed by atoms with Crippen molar-refractivity contribution in [1.82, 2.24) is 0 Å². The molecule has 0 saturated carbocycles. The summed E-state index contributed by atoms with van der Waals surface area (Å²) in [4.78, 5) is 10.7. The molecule has 0 aliphatic rings. The highest BCUT2D eigenvalue weighted by atomic mass is 16.3. The van der Waals surface area contributed by atoms with Crippen molar-refractivity contribution in [2.24, 2.45) is 5.73 Å². The van der Waals surface area contributed by atoms with E-state index in [-0.39, 0.29) is 0 Å². The maximum atomic E-state index is 10.7. The van der Waals surface area contributed by atoms with Gasteiger partial charge in [-0.15, -0.1) is 0 Å². The van der Waals surface area contributed by atoms with Gasteiger partial charge in [0.15, 0.2) is 6.10 Å². The Bertz CT molecular complexity index is 397. The highest BCUT2D eigenvalue weighted by Gasteiger charge is 2.23. The Kier molecular flexibility index (Phi) is 3.82. The minimum atomic E-state index is -1.59. The first-order valence-corrected chi connectivity index (χ1v) is 4.84. The zero-order chi connectivity index (χ0) is 12.3. The summed E-state index contributed by atoms with van der Waals surface area (Å²) in [5.41, 5.74) is 7.16. The maximum Gasteiger partial charge on any atom is 0.249 e. The second-order valence-electron chi connectivity index (χ2n) is 3.69. The molecule has 0 heterocycles. The van der Waals surface area contributed by atoms with Crippen molar-refractivity contribution in [1.29, 1.82) is 0 Å². The van der Waals surface area contributed by atoms with Crippen LogP contribution in [-0.2, 0) is 4.79 Å². The molecule has 1 aromatic rings. The Morgan fingerprint density at radius 3 is 2.19 bits per heavy atom. The van der Waals surface area contributed by atoms with Crippen LogP contribution in [0.2, 0.25) is 0 Å². The minimum absolute atomic E-state index is 0.441. The molecular formula is C12H15NO3. The van der Waals surface area contributed by atoms with Gasteiger partial charge in [-0.2, -0.15) is 0 Å². The molecule has 4 nitrogen and oxygen atoms in total. The fraction of sp³-hybridized carbons (Fsp3) is 0.250. The first-order chi connectivity index (χ1) is 7.43. The molecule has 2 atom stereocenters. The summed E-state index contributed by atoms with van der Waals surface area (Å²) in [6, 6.07) is 6.77. The Balaban J connectivity index is 2.89. The van der Waals surface area contributed by atoms with Crippen LogP contribution in [0.25, 0.3) is 5.57 Å². The summed E-state index contributed by atoms with van der Waals surface area (Å²) < 4.78 is 0. The van der Waals surface area contributed by atoms with Gasteiger partial charge >= 0.3 is 0 Å². The summed E-state index contributed by atoms with van der Waals surface area (Å²) in [5.74, 6) is -0.948. The largest absolute Gasteiger partial charge is 0.385 e. The highest BCUT2D eigenvalue weighted by molar-refractivity contribution is 5.79. The topological polar surface area (TPSA) is 83.6 Å². The van der Waals surface area contributed by atoms with Crippen LogP contribution < -0.4 is 5.73 Å². The zero-order valence-electron chi connectivity index (χ0n) is 9.05. The maximum absolute atomic E-state index is 10.7. The van der Waals surface area contributed by atoms with Crippen LogP contribution in [0.5, 0.6) is 0 Å². The second kappa shape index (κ2) is 4.92. The van der Waals surface area contributed by atoms with Gasteiger partial charge in [0.2, 0.25) is 5.91 Å². The quantitative estimate of drug-likeness (QED) is 0.696. The van der Waals surface area contributed by atoms with E-state index in [0.29, 0.717) is 5.56 Å². The van der Waals surface area contributed by atoms with E-state index >= 15 is 0 Å². The fourth-order valence-electron chi connectivity index (χ4n) is 1.30. The number of hydrogen-bond donors (Lipinski definition) is 3. The van der Waals surface area contributed by atoms with Crippen LogP contribution in [0.1, 0.15) is 24.2 Å². The van der Waals surface area contributed by atoms with Gasteiger partial charge in [-0.25, -0.2) is 0 Å². The van der Waals surface area contributed by atoms with Crippen LogP contribution in [0.4, 0.5) is 0 Å². The number of carbonyl (C=O) groups excluding carboxylic acids is 1. The lowest BCUT2D eigenvalue weighted by Crippen LogP contribution is -2.33. The van der Waals surface area contributed by atoms with Gasteiger partial charge in [0, 0.05) is 0 Å². The zero-order valence-corrected chi connectivity index (χ0v) is 9.05. The number of aliphatic hydroxyl groups is 2. The lowest BCUT2D eigenvalue weighted by Gasteiger charge is -2.15. The molecule has 0 aromatic heterocycles. The molecule has 1 aromatic carbocycles. The lowest BCUT2D eigenvalue weighted by atomic mass is 10.0. The molecule has 0 spiro atoms. The van der Waals surface area contributed by atoms with Gasteiger partial charge in [-0.3, -0.25) is 4.79 Å². The molecule has 0 radical (unpaired) electrons. The SMILES string of the molecule is C=C(C)c1ccc(C(O)C(O)C(N)=O)cc1. The molecule has 0 bridgehead atoms. The Hall–Kier alpha value is -1.65. The highest BCUT2D eigenvalue weighted by Crippen LogP contribution is 2.19. The Morgan fingerprint density at radius 1 is 1.31 bits per heavy atom. The van der Waals surface area contributed by atoms with E-state index in [4.69, 9.17) is 5.73 Å². The van der Waals surface area contributed by atoms with Crippen LogP contribution in [-0.4, -0.2) is 22.2 Å². The summed E-state index contributed by atoms with van der Waals surface area (Å²) in [6.07, 6.45) is -2.88. The van der Waals surface area contributed by atoms with E-state index < -0.39 is 18.1 Å². The number of nitrogens with two attached hydrogens (primary N) is 1. The van der Waals surface area contributed by atoms with E-state index in [0.717, 1.165) is 11.1 Å². The average Bonchev–Trinajstić information content (AvgIpc) is 2.27. The van der Waals surface area contributed by atoms with Gasteiger partial charge in [-0.05, 0) is 18.1 Å². The van der Waals surface area contributed by atoms with Crippen LogP contribution in [0, 0.1) is 0 Å². The molecule has 0 aliphatic heterocycles. The van der Waals surface area contributed by atoms with E-state index in [1.807, 2.05) is 6.92 Å².